The minimum atomic E-state index is -0.826. The Bertz CT molecular complexity index is 963. The average Bonchev–Trinajstić information content (AvgIpc) is 2.61. The van der Waals surface area contributed by atoms with Gasteiger partial charge in [-0.1, -0.05) is 12.1 Å². The number of nitrogens with one attached hydrogen (secondary N) is 1. The largest absolute Gasteiger partial charge is 0.465 e. The van der Waals surface area contributed by atoms with E-state index >= 15 is 0 Å². The van der Waals surface area contributed by atoms with Gasteiger partial charge in [0.1, 0.15) is 5.92 Å². The van der Waals surface area contributed by atoms with Crippen LogP contribution in [0.25, 0.3) is 0 Å². The highest BCUT2D eigenvalue weighted by molar-refractivity contribution is 6.05. The normalized spacial score (nSPS) is 18.6. The molecule has 8 nitrogen and oxygen atoms in total. The molecule has 0 amide bonds. The zero-order valence-corrected chi connectivity index (χ0v) is 14.3. The molecular weight excluding hydrogens is 338 g/mol. The van der Waals surface area contributed by atoms with Gasteiger partial charge in [-0.25, -0.2) is 0 Å². The lowest BCUT2D eigenvalue weighted by Gasteiger charge is -2.30. The van der Waals surface area contributed by atoms with Gasteiger partial charge in [0, 0.05) is 30.0 Å². The number of nitro groups is 1. The number of aromatic amines is 1. The number of pyridine rings is 1. The number of rotatable bonds is 4. The van der Waals surface area contributed by atoms with E-state index in [1.165, 1.54) is 24.4 Å². The molecule has 2 heterocycles. The minimum absolute atomic E-state index is 0.112. The summed E-state index contributed by atoms with van der Waals surface area (Å²) in [5, 5.41) is 11.2. The van der Waals surface area contributed by atoms with Crippen molar-refractivity contribution in [2.75, 3.05) is 6.61 Å². The standard InChI is InChI=1S/C18H17N3O5/c1-3-26-18(23)14-10(2)20-13-7-8-19-17(22)16(13)15(14)11-5-4-6-12(9-11)21(24)25/h4-9,14-15H,3H2,1-2H3,(H,19,22). The summed E-state index contributed by atoms with van der Waals surface area (Å²) >= 11 is 0. The first-order valence-corrected chi connectivity index (χ1v) is 8.11. The molecule has 3 rings (SSSR count). The molecule has 0 bridgehead atoms. The van der Waals surface area contributed by atoms with E-state index in [1.807, 2.05) is 0 Å². The van der Waals surface area contributed by atoms with Crippen LogP contribution in [0.15, 0.2) is 46.3 Å². The van der Waals surface area contributed by atoms with Gasteiger partial charge >= 0.3 is 5.97 Å². The Morgan fingerprint density at radius 1 is 1.38 bits per heavy atom. The number of fused-ring (bicyclic) bond motifs is 1. The third-order valence-electron chi connectivity index (χ3n) is 4.35. The molecule has 1 aliphatic heterocycles. The van der Waals surface area contributed by atoms with E-state index in [2.05, 4.69) is 9.98 Å². The molecule has 0 radical (unpaired) electrons. The molecule has 1 N–H and O–H groups in total. The fourth-order valence-electron chi connectivity index (χ4n) is 3.28. The van der Waals surface area contributed by atoms with Crippen LogP contribution in [0.4, 0.5) is 11.4 Å². The number of hydrogen-bond donors (Lipinski definition) is 1. The number of non-ortho nitro benzene ring substituents is 1. The zero-order chi connectivity index (χ0) is 18.8. The maximum absolute atomic E-state index is 12.6. The number of benzene rings is 1. The van der Waals surface area contributed by atoms with Crippen molar-refractivity contribution in [3.63, 3.8) is 0 Å². The maximum Gasteiger partial charge on any atom is 0.315 e. The van der Waals surface area contributed by atoms with Gasteiger partial charge in [-0.15, -0.1) is 0 Å². The van der Waals surface area contributed by atoms with Gasteiger partial charge in [-0.05, 0) is 25.5 Å². The Labute approximate surface area is 148 Å². The highest BCUT2D eigenvalue weighted by Crippen LogP contribution is 2.41. The first-order chi connectivity index (χ1) is 12.4. The number of aromatic nitrogens is 1. The summed E-state index contributed by atoms with van der Waals surface area (Å²) in [6.07, 6.45) is 1.48. The van der Waals surface area contributed by atoms with Crippen LogP contribution in [0.2, 0.25) is 0 Å². The lowest BCUT2D eigenvalue weighted by atomic mass is 9.76. The summed E-state index contributed by atoms with van der Waals surface area (Å²) in [4.78, 5) is 42.7. The smallest absolute Gasteiger partial charge is 0.315 e. The Hall–Kier alpha value is -3.29. The molecule has 2 unspecified atom stereocenters. The molecule has 2 aromatic rings. The Kier molecular flexibility index (Phi) is 4.66. The number of nitrogens with zero attached hydrogens (tertiary/aromatic N) is 2. The van der Waals surface area contributed by atoms with Crippen LogP contribution in [0.1, 0.15) is 30.9 Å². The second kappa shape index (κ2) is 6.91. The van der Waals surface area contributed by atoms with Gasteiger partial charge in [0.15, 0.2) is 0 Å². The summed E-state index contributed by atoms with van der Waals surface area (Å²) < 4.78 is 5.17. The van der Waals surface area contributed by atoms with Crippen LogP contribution >= 0.6 is 0 Å². The summed E-state index contributed by atoms with van der Waals surface area (Å²) in [7, 11) is 0. The van der Waals surface area contributed by atoms with E-state index in [-0.39, 0.29) is 17.9 Å². The van der Waals surface area contributed by atoms with E-state index in [4.69, 9.17) is 4.74 Å². The van der Waals surface area contributed by atoms with E-state index in [9.17, 15) is 19.7 Å². The van der Waals surface area contributed by atoms with Crippen molar-refractivity contribution in [1.82, 2.24) is 4.98 Å². The molecule has 1 aliphatic rings. The molecule has 0 spiro atoms. The molecule has 26 heavy (non-hydrogen) atoms. The van der Waals surface area contributed by atoms with Gasteiger partial charge in [0.25, 0.3) is 11.2 Å². The number of hydrogen-bond acceptors (Lipinski definition) is 6. The maximum atomic E-state index is 12.6. The number of nitro benzene ring substituents is 1. The van der Waals surface area contributed by atoms with Crippen molar-refractivity contribution in [2.24, 2.45) is 10.9 Å². The average molecular weight is 355 g/mol. The fourth-order valence-corrected chi connectivity index (χ4v) is 3.28. The second-order valence-electron chi connectivity index (χ2n) is 5.92. The predicted octanol–water partition coefficient (Wildman–Crippen LogP) is 2.70. The summed E-state index contributed by atoms with van der Waals surface area (Å²) in [5.41, 5.74) is 1.24. The Morgan fingerprint density at radius 2 is 2.15 bits per heavy atom. The van der Waals surface area contributed by atoms with Crippen LogP contribution in [0, 0.1) is 16.0 Å². The molecule has 0 saturated heterocycles. The lowest BCUT2D eigenvalue weighted by molar-refractivity contribution is -0.384. The molecule has 1 aromatic heterocycles. The number of esters is 1. The third-order valence-corrected chi connectivity index (χ3v) is 4.35. The van der Waals surface area contributed by atoms with E-state index in [0.29, 0.717) is 22.5 Å². The van der Waals surface area contributed by atoms with Crippen LogP contribution in [-0.4, -0.2) is 28.2 Å². The first-order valence-electron chi connectivity index (χ1n) is 8.11. The SMILES string of the molecule is CCOC(=O)C1C(C)=Nc2cc[nH]c(=O)c2C1c1cccc([N+](=O)[O-])c1. The van der Waals surface area contributed by atoms with E-state index in [1.54, 1.807) is 26.0 Å². The Morgan fingerprint density at radius 3 is 2.85 bits per heavy atom. The van der Waals surface area contributed by atoms with Gasteiger partial charge in [-0.2, -0.15) is 0 Å². The van der Waals surface area contributed by atoms with Gasteiger partial charge < -0.3 is 9.72 Å². The third kappa shape index (κ3) is 3.01. The minimum Gasteiger partial charge on any atom is -0.465 e. The number of carbonyl (C=O) groups excluding carboxylic acids is 1. The van der Waals surface area contributed by atoms with Crippen molar-refractivity contribution < 1.29 is 14.5 Å². The van der Waals surface area contributed by atoms with Gasteiger partial charge in [-0.3, -0.25) is 24.7 Å². The van der Waals surface area contributed by atoms with E-state index < -0.39 is 22.7 Å². The number of carbonyl (C=O) groups is 1. The summed E-state index contributed by atoms with van der Waals surface area (Å²) in [6, 6.07) is 7.59. The molecule has 0 saturated carbocycles. The van der Waals surface area contributed by atoms with Crippen molar-refractivity contribution in [2.45, 2.75) is 19.8 Å². The van der Waals surface area contributed by atoms with E-state index in [0.717, 1.165) is 0 Å². The van der Waals surface area contributed by atoms with Gasteiger partial charge in [0.05, 0.1) is 22.8 Å². The molecule has 2 atom stereocenters. The molecule has 0 fully saturated rings. The number of H-pyrrole nitrogens is 1. The lowest BCUT2D eigenvalue weighted by Crippen LogP contribution is -2.36. The quantitative estimate of drug-likeness (QED) is 0.514. The van der Waals surface area contributed by atoms with Crippen molar-refractivity contribution in [3.8, 4) is 0 Å². The van der Waals surface area contributed by atoms with Crippen LogP contribution in [0.5, 0.6) is 0 Å². The van der Waals surface area contributed by atoms with Crippen molar-refractivity contribution in [1.29, 1.82) is 0 Å². The Balaban J connectivity index is 2.25. The van der Waals surface area contributed by atoms with Crippen LogP contribution < -0.4 is 5.56 Å². The fraction of sp³-hybridized carbons (Fsp3) is 0.278. The highest BCUT2D eigenvalue weighted by Gasteiger charge is 2.40. The summed E-state index contributed by atoms with van der Waals surface area (Å²) in [6.45, 7) is 3.56. The molecule has 0 aliphatic carbocycles. The van der Waals surface area contributed by atoms with Crippen molar-refractivity contribution >= 4 is 23.1 Å². The predicted molar refractivity (Wildman–Crippen MR) is 94.9 cm³/mol. The zero-order valence-electron chi connectivity index (χ0n) is 14.3. The molecule has 1 aromatic carbocycles. The molecule has 134 valence electrons. The first kappa shape index (κ1) is 17.5. The number of ether oxygens (including phenoxy) is 1. The molecular formula is C18H17N3O5. The van der Waals surface area contributed by atoms with Crippen molar-refractivity contribution in [3.05, 3.63) is 68.1 Å². The molecule has 8 heteroatoms. The topological polar surface area (TPSA) is 115 Å². The van der Waals surface area contributed by atoms with Gasteiger partial charge in [0.2, 0.25) is 0 Å². The summed E-state index contributed by atoms with van der Waals surface area (Å²) in [5.74, 6) is -2.06. The van der Waals surface area contributed by atoms with Crippen LogP contribution in [-0.2, 0) is 9.53 Å². The van der Waals surface area contributed by atoms with Crippen LogP contribution in [0.3, 0.4) is 0 Å². The second-order valence-corrected chi connectivity index (χ2v) is 5.92. The monoisotopic (exact) mass is 355 g/mol. The highest BCUT2D eigenvalue weighted by atomic mass is 16.6. The number of aliphatic imine (C=N–C) groups is 1.